The molecule has 0 aliphatic carbocycles. The van der Waals surface area contributed by atoms with Crippen LogP contribution >= 0.6 is 0 Å². The number of Topliss-reactive ketones (excluding diaryl/α,β-unsaturated/α-hetero) is 1. The Hall–Kier alpha value is -4.17. The third-order valence-corrected chi connectivity index (χ3v) is 4.88. The van der Waals surface area contributed by atoms with Crippen molar-refractivity contribution in [3.8, 4) is 6.07 Å². The first-order valence-corrected chi connectivity index (χ1v) is 9.03. The molecule has 3 aromatic rings. The minimum Gasteiger partial charge on any atom is -0.507 e. The number of rotatable bonds is 3. The average Bonchev–Trinajstić information content (AvgIpc) is 3.05. The normalized spacial score (nSPS) is 17.9. The fraction of sp³-hybridized carbons (Fsp3) is 0.0417. The second-order valence-corrected chi connectivity index (χ2v) is 6.60. The average molecular weight is 380 g/mol. The number of aliphatic hydroxyl groups is 1. The molecule has 0 radical (unpaired) electrons. The van der Waals surface area contributed by atoms with Crippen molar-refractivity contribution in [1.82, 2.24) is 0 Å². The van der Waals surface area contributed by atoms with E-state index in [0.29, 0.717) is 22.4 Å². The van der Waals surface area contributed by atoms with Gasteiger partial charge < -0.3 is 5.11 Å². The van der Waals surface area contributed by atoms with Crippen LogP contribution in [-0.4, -0.2) is 16.8 Å². The van der Waals surface area contributed by atoms with Crippen LogP contribution < -0.4 is 4.90 Å². The number of anilines is 1. The third-order valence-electron chi connectivity index (χ3n) is 4.88. The van der Waals surface area contributed by atoms with Crippen LogP contribution in [0.25, 0.3) is 5.76 Å². The number of benzene rings is 3. The highest BCUT2D eigenvalue weighted by molar-refractivity contribution is 6.51. The summed E-state index contributed by atoms with van der Waals surface area (Å²) >= 11 is 0. The first kappa shape index (κ1) is 18.2. The lowest BCUT2D eigenvalue weighted by Crippen LogP contribution is -2.29. The van der Waals surface area contributed by atoms with Crippen molar-refractivity contribution in [3.63, 3.8) is 0 Å². The first-order chi connectivity index (χ1) is 14.1. The van der Waals surface area contributed by atoms with Crippen LogP contribution in [0.15, 0.2) is 90.5 Å². The van der Waals surface area contributed by atoms with E-state index in [2.05, 4.69) is 0 Å². The van der Waals surface area contributed by atoms with Crippen molar-refractivity contribution in [2.75, 3.05) is 4.90 Å². The molecule has 1 heterocycles. The maximum Gasteiger partial charge on any atom is 0.300 e. The van der Waals surface area contributed by atoms with Gasteiger partial charge >= 0.3 is 0 Å². The van der Waals surface area contributed by atoms with Crippen LogP contribution in [0.1, 0.15) is 22.7 Å². The Labute approximate surface area is 167 Å². The van der Waals surface area contributed by atoms with Gasteiger partial charge in [-0.25, -0.2) is 0 Å². The molecule has 1 N–H and O–H groups in total. The molecule has 3 aromatic carbocycles. The van der Waals surface area contributed by atoms with Gasteiger partial charge in [-0.2, -0.15) is 5.26 Å². The molecule has 29 heavy (non-hydrogen) atoms. The second kappa shape index (κ2) is 7.45. The molecule has 1 amide bonds. The molecule has 1 saturated heterocycles. The van der Waals surface area contributed by atoms with Crippen molar-refractivity contribution in [2.24, 2.45) is 0 Å². The van der Waals surface area contributed by atoms with Gasteiger partial charge in [0.15, 0.2) is 0 Å². The first-order valence-electron chi connectivity index (χ1n) is 9.03. The van der Waals surface area contributed by atoms with Crippen LogP contribution in [0.4, 0.5) is 5.69 Å². The summed E-state index contributed by atoms with van der Waals surface area (Å²) in [5, 5.41) is 20.0. The quantitative estimate of drug-likeness (QED) is 0.420. The van der Waals surface area contributed by atoms with Crippen LogP contribution in [0, 0.1) is 11.3 Å². The van der Waals surface area contributed by atoms with Gasteiger partial charge in [-0.15, -0.1) is 0 Å². The number of amides is 1. The summed E-state index contributed by atoms with van der Waals surface area (Å²) in [6, 6.07) is 25.5. The largest absolute Gasteiger partial charge is 0.507 e. The zero-order valence-corrected chi connectivity index (χ0v) is 15.3. The van der Waals surface area contributed by atoms with Crippen molar-refractivity contribution >= 4 is 23.1 Å². The van der Waals surface area contributed by atoms with Gasteiger partial charge in [0, 0.05) is 11.3 Å². The number of nitrogens with zero attached hydrogens (tertiary/aromatic N) is 2. The number of aliphatic hydroxyl groups excluding tert-OH is 1. The number of ketones is 1. The summed E-state index contributed by atoms with van der Waals surface area (Å²) in [6.45, 7) is 0. The zero-order chi connectivity index (χ0) is 20.4. The monoisotopic (exact) mass is 380 g/mol. The van der Waals surface area contributed by atoms with Crippen molar-refractivity contribution in [3.05, 3.63) is 107 Å². The Morgan fingerprint density at radius 3 is 2.03 bits per heavy atom. The minimum atomic E-state index is -0.774. The summed E-state index contributed by atoms with van der Waals surface area (Å²) in [7, 11) is 0. The molecular weight excluding hydrogens is 364 g/mol. The fourth-order valence-electron chi connectivity index (χ4n) is 3.50. The predicted octanol–water partition coefficient (Wildman–Crippen LogP) is 4.18. The van der Waals surface area contributed by atoms with E-state index in [1.54, 1.807) is 54.6 Å². The Morgan fingerprint density at radius 2 is 1.45 bits per heavy atom. The van der Waals surface area contributed by atoms with Gasteiger partial charge in [0.25, 0.3) is 11.7 Å². The van der Waals surface area contributed by atoms with E-state index in [0.717, 1.165) is 0 Å². The van der Waals surface area contributed by atoms with E-state index < -0.39 is 17.7 Å². The highest BCUT2D eigenvalue weighted by atomic mass is 16.3. The van der Waals surface area contributed by atoms with E-state index in [1.165, 1.54) is 4.90 Å². The fourth-order valence-corrected chi connectivity index (χ4v) is 3.50. The minimum absolute atomic E-state index is 0.0387. The number of carbonyl (C=O) groups is 2. The van der Waals surface area contributed by atoms with E-state index in [-0.39, 0.29) is 11.3 Å². The number of nitriles is 1. The van der Waals surface area contributed by atoms with Gasteiger partial charge in [0.2, 0.25) is 0 Å². The van der Waals surface area contributed by atoms with Gasteiger partial charge in [-0.3, -0.25) is 14.5 Å². The Kier molecular flexibility index (Phi) is 4.68. The smallest absolute Gasteiger partial charge is 0.300 e. The predicted molar refractivity (Wildman–Crippen MR) is 109 cm³/mol. The molecule has 0 aromatic heterocycles. The van der Waals surface area contributed by atoms with E-state index in [1.807, 2.05) is 36.4 Å². The Bertz CT molecular complexity index is 1140. The van der Waals surface area contributed by atoms with E-state index >= 15 is 0 Å². The molecule has 0 bridgehead atoms. The van der Waals surface area contributed by atoms with Crippen LogP contribution in [0.3, 0.4) is 0 Å². The molecule has 5 nitrogen and oxygen atoms in total. The van der Waals surface area contributed by atoms with E-state index in [4.69, 9.17) is 5.26 Å². The third kappa shape index (κ3) is 3.17. The zero-order valence-electron chi connectivity index (χ0n) is 15.3. The second-order valence-electron chi connectivity index (χ2n) is 6.60. The summed E-state index contributed by atoms with van der Waals surface area (Å²) in [5.74, 6) is -1.68. The highest BCUT2D eigenvalue weighted by Gasteiger charge is 2.46. The topological polar surface area (TPSA) is 81.4 Å². The summed E-state index contributed by atoms with van der Waals surface area (Å²) in [5.41, 5.74) is 2.13. The molecule has 1 unspecified atom stereocenters. The Morgan fingerprint density at radius 1 is 0.862 bits per heavy atom. The van der Waals surface area contributed by atoms with Crippen LogP contribution in [0.5, 0.6) is 0 Å². The van der Waals surface area contributed by atoms with Crippen molar-refractivity contribution < 1.29 is 14.7 Å². The van der Waals surface area contributed by atoms with Gasteiger partial charge in [-0.1, -0.05) is 60.7 Å². The molecule has 1 aliphatic heterocycles. The molecule has 0 saturated carbocycles. The summed E-state index contributed by atoms with van der Waals surface area (Å²) < 4.78 is 0. The molecule has 5 heteroatoms. The maximum atomic E-state index is 13.0. The lowest BCUT2D eigenvalue weighted by molar-refractivity contribution is -0.132. The number of hydrogen-bond acceptors (Lipinski definition) is 4. The molecule has 0 spiro atoms. The summed E-state index contributed by atoms with van der Waals surface area (Å²) in [4.78, 5) is 27.3. The Balaban J connectivity index is 1.93. The molecule has 1 atom stereocenters. The van der Waals surface area contributed by atoms with Crippen LogP contribution in [0.2, 0.25) is 0 Å². The number of hydrogen-bond donors (Lipinski definition) is 1. The lowest BCUT2D eigenvalue weighted by Gasteiger charge is -2.25. The van der Waals surface area contributed by atoms with E-state index in [9.17, 15) is 14.7 Å². The maximum absolute atomic E-state index is 13.0. The molecule has 140 valence electrons. The molecular formula is C24H16N2O3. The SMILES string of the molecule is N#Cc1ccc(N2C(=O)C(=O)/C(=C(/O)c3ccccc3)C2c2ccccc2)cc1. The highest BCUT2D eigenvalue weighted by Crippen LogP contribution is 2.42. The van der Waals surface area contributed by atoms with Crippen LogP contribution in [-0.2, 0) is 9.59 Å². The standard InChI is InChI=1S/C24H16N2O3/c25-15-16-11-13-19(14-12-16)26-21(17-7-3-1-4-8-17)20(23(28)24(26)29)22(27)18-9-5-2-6-10-18/h1-14,21,27H/b22-20+. The van der Waals surface area contributed by atoms with Gasteiger partial charge in [-0.05, 0) is 29.8 Å². The molecule has 4 rings (SSSR count). The summed E-state index contributed by atoms with van der Waals surface area (Å²) in [6.07, 6.45) is 0. The van der Waals surface area contributed by atoms with Gasteiger partial charge in [0.05, 0.1) is 23.2 Å². The van der Waals surface area contributed by atoms with Crippen molar-refractivity contribution in [1.29, 1.82) is 5.26 Å². The lowest BCUT2D eigenvalue weighted by atomic mass is 9.95. The molecule has 1 fully saturated rings. The molecule has 1 aliphatic rings. The van der Waals surface area contributed by atoms with Crippen molar-refractivity contribution in [2.45, 2.75) is 6.04 Å². The number of carbonyl (C=O) groups excluding carboxylic acids is 2. The van der Waals surface area contributed by atoms with Gasteiger partial charge in [0.1, 0.15) is 5.76 Å².